The van der Waals surface area contributed by atoms with Gasteiger partial charge < -0.3 is 4.74 Å². The van der Waals surface area contributed by atoms with Gasteiger partial charge in [0.2, 0.25) is 10.0 Å². The first-order valence-electron chi connectivity index (χ1n) is 5.62. The summed E-state index contributed by atoms with van der Waals surface area (Å²) in [5.41, 5.74) is 0.893. The fourth-order valence-corrected chi connectivity index (χ4v) is 2.91. The second-order valence-corrected chi connectivity index (χ2v) is 5.81. The predicted molar refractivity (Wildman–Crippen MR) is 68.6 cm³/mol. The fourth-order valence-electron chi connectivity index (χ4n) is 1.58. The maximum absolute atomic E-state index is 11.6. The minimum atomic E-state index is -3.19. The van der Waals surface area contributed by atoms with Crippen molar-refractivity contribution in [2.45, 2.75) is 26.3 Å². The Balaban J connectivity index is 2.79. The molecular weight excluding hydrogens is 238 g/mol. The molecule has 1 rings (SSSR count). The maximum atomic E-state index is 11.6. The van der Waals surface area contributed by atoms with Crippen LogP contribution in [0, 0.1) is 0 Å². The summed E-state index contributed by atoms with van der Waals surface area (Å²) in [6, 6.07) is 7.14. The van der Waals surface area contributed by atoms with Crippen LogP contribution < -0.4 is 9.46 Å². The molecule has 0 unspecified atom stereocenters. The monoisotopic (exact) mass is 257 g/mol. The number of ether oxygens (including phenoxy) is 1. The van der Waals surface area contributed by atoms with Gasteiger partial charge in [0.15, 0.2) is 0 Å². The van der Waals surface area contributed by atoms with Crippen LogP contribution >= 0.6 is 0 Å². The number of rotatable bonds is 6. The highest BCUT2D eigenvalue weighted by molar-refractivity contribution is 7.89. The zero-order chi connectivity index (χ0) is 12.9. The molecule has 1 atom stereocenters. The fraction of sp³-hybridized carbons (Fsp3) is 0.500. The van der Waals surface area contributed by atoms with Gasteiger partial charge in [-0.2, -0.15) is 0 Å². The topological polar surface area (TPSA) is 55.4 Å². The molecule has 0 saturated heterocycles. The summed E-state index contributed by atoms with van der Waals surface area (Å²) < 4.78 is 31.0. The average Bonchev–Trinajstić information content (AvgIpc) is 2.28. The molecule has 1 aromatic rings. The van der Waals surface area contributed by atoms with Crippen LogP contribution in [0.25, 0.3) is 0 Å². The van der Waals surface area contributed by atoms with Crippen molar-refractivity contribution in [3.63, 3.8) is 0 Å². The van der Waals surface area contributed by atoms with Gasteiger partial charge in [-0.25, -0.2) is 13.1 Å². The molecular formula is C12H19NO3S. The Morgan fingerprint density at radius 1 is 1.41 bits per heavy atom. The van der Waals surface area contributed by atoms with Crippen molar-refractivity contribution in [3.05, 3.63) is 29.8 Å². The lowest BCUT2D eigenvalue weighted by Gasteiger charge is -2.15. The Morgan fingerprint density at radius 3 is 2.71 bits per heavy atom. The quantitative estimate of drug-likeness (QED) is 0.849. The molecule has 0 aliphatic heterocycles. The first-order chi connectivity index (χ1) is 7.98. The van der Waals surface area contributed by atoms with E-state index in [2.05, 4.69) is 4.72 Å². The minimum Gasteiger partial charge on any atom is -0.497 e. The summed E-state index contributed by atoms with van der Waals surface area (Å²) in [5, 5.41) is 0. The molecule has 0 fully saturated rings. The molecule has 4 nitrogen and oxygen atoms in total. The first-order valence-corrected chi connectivity index (χ1v) is 7.27. The zero-order valence-electron chi connectivity index (χ0n) is 10.4. The van der Waals surface area contributed by atoms with Crippen LogP contribution in [0.15, 0.2) is 24.3 Å². The Bertz CT molecular complexity index is 457. The lowest BCUT2D eigenvalue weighted by atomic mass is 10.1. The third-order valence-electron chi connectivity index (χ3n) is 2.42. The standard InChI is InChI=1S/C12H19NO3S/c1-4-8-17(14,15)13-10(2)11-6-5-7-12(9-11)16-3/h5-7,9-10,13H,4,8H2,1-3H3/t10-/m1/s1. The summed E-state index contributed by atoms with van der Waals surface area (Å²) in [6.07, 6.45) is 0.611. The molecule has 0 aliphatic carbocycles. The van der Waals surface area contributed by atoms with Crippen LogP contribution in [-0.4, -0.2) is 21.3 Å². The van der Waals surface area contributed by atoms with E-state index in [-0.39, 0.29) is 11.8 Å². The number of benzene rings is 1. The van der Waals surface area contributed by atoms with Crippen LogP contribution in [0.1, 0.15) is 31.9 Å². The number of hydrogen-bond donors (Lipinski definition) is 1. The predicted octanol–water partition coefficient (Wildman–Crippen LogP) is 2.09. The van der Waals surface area contributed by atoms with E-state index in [0.717, 1.165) is 11.3 Å². The van der Waals surface area contributed by atoms with Gasteiger partial charge >= 0.3 is 0 Å². The van der Waals surface area contributed by atoms with Crippen molar-refractivity contribution in [1.82, 2.24) is 4.72 Å². The van der Waals surface area contributed by atoms with E-state index < -0.39 is 10.0 Å². The number of methoxy groups -OCH3 is 1. The van der Waals surface area contributed by atoms with E-state index in [0.29, 0.717) is 6.42 Å². The molecule has 0 amide bonds. The Hall–Kier alpha value is -1.07. The molecule has 17 heavy (non-hydrogen) atoms. The maximum Gasteiger partial charge on any atom is 0.212 e. The molecule has 5 heteroatoms. The molecule has 0 heterocycles. The molecule has 0 bridgehead atoms. The van der Waals surface area contributed by atoms with Crippen molar-refractivity contribution >= 4 is 10.0 Å². The second kappa shape index (κ2) is 6.02. The molecule has 1 N–H and O–H groups in total. The molecule has 0 saturated carbocycles. The van der Waals surface area contributed by atoms with Gasteiger partial charge in [-0.15, -0.1) is 0 Å². The lowest BCUT2D eigenvalue weighted by molar-refractivity contribution is 0.413. The summed E-state index contributed by atoms with van der Waals surface area (Å²) in [6.45, 7) is 3.66. The van der Waals surface area contributed by atoms with Crippen LogP contribution in [0.3, 0.4) is 0 Å². The van der Waals surface area contributed by atoms with E-state index in [1.807, 2.05) is 38.1 Å². The van der Waals surface area contributed by atoms with Crippen molar-refractivity contribution in [2.24, 2.45) is 0 Å². The van der Waals surface area contributed by atoms with Crippen LogP contribution in [0.5, 0.6) is 5.75 Å². The Kier molecular flexibility index (Phi) is 4.96. The van der Waals surface area contributed by atoms with Gasteiger partial charge in [0.25, 0.3) is 0 Å². The van der Waals surface area contributed by atoms with Crippen LogP contribution in [-0.2, 0) is 10.0 Å². The van der Waals surface area contributed by atoms with E-state index in [1.54, 1.807) is 7.11 Å². The highest BCUT2D eigenvalue weighted by atomic mass is 32.2. The largest absolute Gasteiger partial charge is 0.497 e. The summed E-state index contributed by atoms with van der Waals surface area (Å²) in [7, 11) is -1.60. The third kappa shape index (κ3) is 4.36. The molecule has 1 aromatic carbocycles. The molecule has 0 aliphatic rings. The molecule has 0 radical (unpaired) electrons. The van der Waals surface area contributed by atoms with Crippen molar-refractivity contribution in [3.8, 4) is 5.75 Å². The van der Waals surface area contributed by atoms with Gasteiger partial charge in [-0.1, -0.05) is 19.1 Å². The smallest absolute Gasteiger partial charge is 0.212 e. The van der Waals surface area contributed by atoms with E-state index in [1.165, 1.54) is 0 Å². The Labute approximate surface area is 103 Å². The van der Waals surface area contributed by atoms with Crippen molar-refractivity contribution < 1.29 is 13.2 Å². The highest BCUT2D eigenvalue weighted by Gasteiger charge is 2.14. The zero-order valence-corrected chi connectivity index (χ0v) is 11.3. The minimum absolute atomic E-state index is 0.154. The second-order valence-electron chi connectivity index (χ2n) is 3.94. The Morgan fingerprint density at radius 2 is 2.12 bits per heavy atom. The van der Waals surface area contributed by atoms with Crippen molar-refractivity contribution in [1.29, 1.82) is 0 Å². The van der Waals surface area contributed by atoms with E-state index in [4.69, 9.17) is 4.74 Å². The highest BCUT2D eigenvalue weighted by Crippen LogP contribution is 2.19. The summed E-state index contributed by atoms with van der Waals surface area (Å²) in [4.78, 5) is 0. The molecule has 0 aromatic heterocycles. The van der Waals surface area contributed by atoms with Gasteiger partial charge in [0, 0.05) is 6.04 Å². The normalized spacial score (nSPS) is 13.4. The molecule has 96 valence electrons. The van der Waals surface area contributed by atoms with Gasteiger partial charge in [0.05, 0.1) is 12.9 Å². The van der Waals surface area contributed by atoms with Gasteiger partial charge in [-0.3, -0.25) is 0 Å². The first kappa shape index (κ1) is 14.0. The van der Waals surface area contributed by atoms with Gasteiger partial charge in [0.1, 0.15) is 5.75 Å². The van der Waals surface area contributed by atoms with E-state index >= 15 is 0 Å². The summed E-state index contributed by atoms with van der Waals surface area (Å²) >= 11 is 0. The average molecular weight is 257 g/mol. The summed E-state index contributed by atoms with van der Waals surface area (Å²) in [5.74, 6) is 0.880. The van der Waals surface area contributed by atoms with E-state index in [9.17, 15) is 8.42 Å². The number of hydrogen-bond acceptors (Lipinski definition) is 3. The SMILES string of the molecule is CCCS(=O)(=O)N[C@H](C)c1cccc(OC)c1. The van der Waals surface area contributed by atoms with Crippen molar-refractivity contribution in [2.75, 3.05) is 12.9 Å². The van der Waals surface area contributed by atoms with Gasteiger partial charge in [-0.05, 0) is 31.0 Å². The third-order valence-corrected chi connectivity index (χ3v) is 4.08. The molecule has 0 spiro atoms. The van der Waals surface area contributed by atoms with Crippen LogP contribution in [0.4, 0.5) is 0 Å². The number of sulfonamides is 1. The number of nitrogens with one attached hydrogen (secondary N) is 1. The lowest BCUT2D eigenvalue weighted by Crippen LogP contribution is -2.28. The van der Waals surface area contributed by atoms with Crippen LogP contribution in [0.2, 0.25) is 0 Å².